The molecule has 88 valence electrons. The Morgan fingerprint density at radius 1 is 1.29 bits per heavy atom. The molecule has 0 aliphatic rings. The number of nitrogens with zero attached hydrogens (tertiary/aromatic N) is 1. The van der Waals surface area contributed by atoms with E-state index in [1.807, 2.05) is 0 Å². The van der Waals surface area contributed by atoms with E-state index in [0.717, 1.165) is 0 Å². The van der Waals surface area contributed by atoms with E-state index in [2.05, 4.69) is 9.97 Å². The van der Waals surface area contributed by atoms with Gasteiger partial charge in [-0.1, -0.05) is 0 Å². The molecule has 2 rings (SSSR count). The lowest BCUT2D eigenvalue weighted by atomic mass is 10.3. The third-order valence-electron chi connectivity index (χ3n) is 2.06. The predicted octanol–water partition coefficient (Wildman–Crippen LogP) is 1.15. The molecule has 0 bridgehead atoms. The fourth-order valence-corrected chi connectivity index (χ4v) is 1.29. The number of rotatable bonds is 3. The molecule has 0 saturated carbocycles. The zero-order valence-electron chi connectivity index (χ0n) is 9.14. The van der Waals surface area contributed by atoms with Crippen LogP contribution in [0.2, 0.25) is 0 Å². The molecule has 1 aromatic carbocycles. The van der Waals surface area contributed by atoms with Gasteiger partial charge in [-0.2, -0.15) is 0 Å². The highest BCUT2D eigenvalue weighted by Crippen LogP contribution is 2.31. The topological polar surface area (TPSA) is 90.2 Å². The molecule has 0 atom stereocenters. The number of hydrogen-bond donors (Lipinski definition) is 2. The molecule has 0 radical (unpaired) electrons. The molecule has 0 aliphatic heterocycles. The van der Waals surface area contributed by atoms with Crippen LogP contribution in [0.3, 0.4) is 0 Å². The molecule has 1 heterocycles. The third-order valence-corrected chi connectivity index (χ3v) is 2.06. The smallest absolute Gasteiger partial charge is 0.254 e. The van der Waals surface area contributed by atoms with Gasteiger partial charge in [0.05, 0.1) is 19.5 Å². The molecular formula is C11H11N3O3. The maximum absolute atomic E-state index is 11.1. The van der Waals surface area contributed by atoms with Crippen LogP contribution in [0.5, 0.6) is 17.4 Å². The summed E-state index contributed by atoms with van der Waals surface area (Å²) >= 11 is 0. The molecule has 0 amide bonds. The predicted molar refractivity (Wildman–Crippen MR) is 62.3 cm³/mol. The maximum atomic E-state index is 11.1. The number of H-pyrrole nitrogens is 1. The third kappa shape index (κ3) is 2.54. The van der Waals surface area contributed by atoms with E-state index in [9.17, 15) is 4.79 Å². The van der Waals surface area contributed by atoms with Gasteiger partial charge in [-0.05, 0) is 12.1 Å². The van der Waals surface area contributed by atoms with Crippen molar-refractivity contribution in [2.75, 3.05) is 12.8 Å². The number of methoxy groups -OCH3 is 1. The minimum absolute atomic E-state index is 0.192. The quantitative estimate of drug-likeness (QED) is 0.776. The summed E-state index contributed by atoms with van der Waals surface area (Å²) < 4.78 is 10.5. The van der Waals surface area contributed by atoms with E-state index in [-0.39, 0.29) is 11.4 Å². The summed E-state index contributed by atoms with van der Waals surface area (Å²) in [5, 5.41) is 0. The molecule has 0 aliphatic carbocycles. The zero-order chi connectivity index (χ0) is 12.3. The molecule has 17 heavy (non-hydrogen) atoms. The summed E-state index contributed by atoms with van der Waals surface area (Å²) in [7, 11) is 1.51. The van der Waals surface area contributed by atoms with Crippen molar-refractivity contribution in [2.24, 2.45) is 0 Å². The minimum Gasteiger partial charge on any atom is -0.493 e. The largest absolute Gasteiger partial charge is 0.493 e. The van der Waals surface area contributed by atoms with Crippen LogP contribution >= 0.6 is 0 Å². The SMILES string of the molecule is COc1cc(N)ccc1Oc1cc(=O)[nH]cn1. The molecule has 6 heteroatoms. The van der Waals surface area contributed by atoms with Gasteiger partial charge in [0.1, 0.15) is 0 Å². The molecule has 0 unspecified atom stereocenters. The Morgan fingerprint density at radius 2 is 2.12 bits per heavy atom. The van der Waals surface area contributed by atoms with Gasteiger partial charge in [0, 0.05) is 11.8 Å². The number of anilines is 1. The molecule has 0 saturated heterocycles. The lowest BCUT2D eigenvalue weighted by Crippen LogP contribution is -2.04. The van der Waals surface area contributed by atoms with Gasteiger partial charge in [-0.25, -0.2) is 4.98 Å². The fraction of sp³-hybridized carbons (Fsp3) is 0.0909. The Labute approximate surface area is 97.0 Å². The van der Waals surface area contributed by atoms with Crippen LogP contribution < -0.4 is 20.8 Å². The van der Waals surface area contributed by atoms with Crippen LogP contribution in [0.25, 0.3) is 0 Å². The minimum atomic E-state index is -0.288. The van der Waals surface area contributed by atoms with Crippen molar-refractivity contribution < 1.29 is 9.47 Å². The Morgan fingerprint density at radius 3 is 2.82 bits per heavy atom. The van der Waals surface area contributed by atoms with E-state index >= 15 is 0 Å². The molecule has 2 aromatic rings. The summed E-state index contributed by atoms with van der Waals surface area (Å²) in [5.41, 5.74) is 5.89. The van der Waals surface area contributed by atoms with E-state index in [1.165, 1.54) is 19.5 Å². The van der Waals surface area contributed by atoms with E-state index in [4.69, 9.17) is 15.2 Å². The van der Waals surface area contributed by atoms with Gasteiger partial charge < -0.3 is 20.2 Å². The summed E-state index contributed by atoms with van der Waals surface area (Å²) in [4.78, 5) is 17.3. The van der Waals surface area contributed by atoms with E-state index in [0.29, 0.717) is 17.2 Å². The van der Waals surface area contributed by atoms with Crippen molar-refractivity contribution in [3.63, 3.8) is 0 Å². The molecule has 3 N–H and O–H groups in total. The number of ether oxygens (including phenoxy) is 2. The first kappa shape index (κ1) is 11.0. The lowest BCUT2D eigenvalue weighted by Gasteiger charge is -2.09. The fourth-order valence-electron chi connectivity index (χ4n) is 1.29. The zero-order valence-corrected chi connectivity index (χ0v) is 9.14. The van der Waals surface area contributed by atoms with Crippen molar-refractivity contribution in [2.45, 2.75) is 0 Å². The standard InChI is InChI=1S/C11H11N3O3/c1-16-9-4-7(12)2-3-8(9)17-11-5-10(15)13-6-14-11/h2-6H,12H2,1H3,(H,13,14,15). The van der Waals surface area contributed by atoms with Crippen LogP contribution in [-0.2, 0) is 0 Å². The van der Waals surface area contributed by atoms with E-state index < -0.39 is 0 Å². The Kier molecular flexibility index (Phi) is 2.95. The average molecular weight is 233 g/mol. The first-order chi connectivity index (χ1) is 8.19. The number of hydrogen-bond acceptors (Lipinski definition) is 5. The highest BCUT2D eigenvalue weighted by molar-refractivity contribution is 5.52. The van der Waals surface area contributed by atoms with Crippen molar-refractivity contribution in [1.82, 2.24) is 9.97 Å². The van der Waals surface area contributed by atoms with Gasteiger partial charge in [0.25, 0.3) is 5.56 Å². The van der Waals surface area contributed by atoms with Gasteiger partial charge in [0.2, 0.25) is 5.88 Å². The second-order valence-corrected chi connectivity index (χ2v) is 3.26. The first-order valence-corrected chi connectivity index (χ1v) is 4.85. The van der Waals surface area contributed by atoms with Crippen molar-refractivity contribution in [1.29, 1.82) is 0 Å². The van der Waals surface area contributed by atoms with E-state index in [1.54, 1.807) is 18.2 Å². The number of aromatic nitrogens is 2. The van der Waals surface area contributed by atoms with Crippen molar-refractivity contribution in [3.8, 4) is 17.4 Å². The lowest BCUT2D eigenvalue weighted by molar-refractivity contribution is 0.374. The summed E-state index contributed by atoms with van der Waals surface area (Å²) in [6, 6.07) is 6.19. The highest BCUT2D eigenvalue weighted by atomic mass is 16.5. The average Bonchev–Trinajstić information content (AvgIpc) is 2.31. The number of nitrogen functional groups attached to an aromatic ring is 1. The van der Waals surface area contributed by atoms with Gasteiger partial charge in [-0.3, -0.25) is 4.79 Å². The highest BCUT2D eigenvalue weighted by Gasteiger charge is 2.06. The number of nitrogens with two attached hydrogens (primary N) is 1. The number of benzene rings is 1. The molecule has 0 spiro atoms. The summed E-state index contributed by atoms with van der Waals surface area (Å²) in [6.07, 6.45) is 1.27. The van der Waals surface area contributed by atoms with Crippen LogP contribution in [0.1, 0.15) is 0 Å². The van der Waals surface area contributed by atoms with Crippen LogP contribution in [0.4, 0.5) is 5.69 Å². The van der Waals surface area contributed by atoms with Crippen LogP contribution in [0.15, 0.2) is 35.4 Å². The van der Waals surface area contributed by atoms with Gasteiger partial charge in [0.15, 0.2) is 11.5 Å². The van der Waals surface area contributed by atoms with Gasteiger partial charge >= 0.3 is 0 Å². The second kappa shape index (κ2) is 4.56. The van der Waals surface area contributed by atoms with Crippen molar-refractivity contribution >= 4 is 5.69 Å². The Hall–Kier alpha value is -2.50. The maximum Gasteiger partial charge on any atom is 0.254 e. The molecule has 1 aromatic heterocycles. The summed E-state index contributed by atoms with van der Waals surface area (Å²) in [6.45, 7) is 0. The summed E-state index contributed by atoms with van der Waals surface area (Å²) in [5.74, 6) is 1.11. The monoisotopic (exact) mass is 233 g/mol. The molecular weight excluding hydrogens is 222 g/mol. The first-order valence-electron chi connectivity index (χ1n) is 4.85. The Balaban J connectivity index is 2.33. The normalized spacial score (nSPS) is 9.94. The number of aromatic amines is 1. The van der Waals surface area contributed by atoms with Gasteiger partial charge in [-0.15, -0.1) is 0 Å². The van der Waals surface area contributed by atoms with Crippen molar-refractivity contribution in [3.05, 3.63) is 40.9 Å². The second-order valence-electron chi connectivity index (χ2n) is 3.26. The van der Waals surface area contributed by atoms with Crippen LogP contribution in [0, 0.1) is 0 Å². The molecule has 0 fully saturated rings. The van der Waals surface area contributed by atoms with Crippen LogP contribution in [-0.4, -0.2) is 17.1 Å². The number of nitrogens with one attached hydrogen (secondary N) is 1. The Bertz CT molecular complexity index is 580. The molecule has 6 nitrogen and oxygen atoms in total.